The summed E-state index contributed by atoms with van der Waals surface area (Å²) in [6.07, 6.45) is 19.6. The molecule has 3 atom stereocenters. The second kappa shape index (κ2) is 22.9. The molecule has 0 aromatic rings. The van der Waals surface area contributed by atoms with Crippen molar-refractivity contribution in [3.05, 3.63) is 0 Å². The van der Waals surface area contributed by atoms with E-state index in [1.807, 2.05) is 19.0 Å². The number of likely N-dealkylation sites (tertiary alicyclic amines) is 1. The maximum Gasteiger partial charge on any atom is 0.242 e. The monoisotopic (exact) mass is 566 g/mol. The van der Waals surface area contributed by atoms with Gasteiger partial charge < -0.3 is 31.9 Å². The molecular formula is C31H62N6O3. The Morgan fingerprint density at radius 3 is 2.00 bits per heavy atom. The molecule has 40 heavy (non-hydrogen) atoms. The minimum atomic E-state index is -0.663. The van der Waals surface area contributed by atoms with Crippen LogP contribution in [-0.2, 0) is 14.4 Å². The number of nitrogens with zero attached hydrogens (tertiary/aromatic N) is 2. The number of nitrogens with two attached hydrogens (primary N) is 2. The Labute approximate surface area is 244 Å². The molecule has 234 valence electrons. The smallest absolute Gasteiger partial charge is 0.242 e. The summed E-state index contributed by atoms with van der Waals surface area (Å²) in [5, 5.41) is 6.02. The van der Waals surface area contributed by atoms with Gasteiger partial charge in [-0.15, -0.1) is 0 Å². The Balaban J connectivity index is 2.37. The van der Waals surface area contributed by atoms with Crippen molar-refractivity contribution in [3.8, 4) is 0 Å². The summed E-state index contributed by atoms with van der Waals surface area (Å²) in [6.45, 7) is 4.36. The Bertz CT molecular complexity index is 690. The van der Waals surface area contributed by atoms with Crippen molar-refractivity contribution in [2.45, 2.75) is 141 Å². The van der Waals surface area contributed by atoms with Gasteiger partial charge in [-0.05, 0) is 46.3 Å². The molecule has 0 saturated carbocycles. The van der Waals surface area contributed by atoms with Crippen LogP contribution in [0.1, 0.15) is 122 Å². The fourth-order valence-corrected chi connectivity index (χ4v) is 5.40. The van der Waals surface area contributed by atoms with Crippen molar-refractivity contribution in [3.63, 3.8) is 0 Å². The van der Waals surface area contributed by atoms with E-state index in [4.69, 9.17) is 11.5 Å². The summed E-state index contributed by atoms with van der Waals surface area (Å²) < 4.78 is 0. The molecule has 1 rings (SSSR count). The van der Waals surface area contributed by atoms with Crippen LogP contribution in [0.4, 0.5) is 0 Å². The molecule has 1 aliphatic heterocycles. The number of hydrogen-bond donors (Lipinski definition) is 4. The molecule has 0 unspecified atom stereocenters. The predicted octanol–water partition coefficient (Wildman–Crippen LogP) is 3.69. The van der Waals surface area contributed by atoms with Crippen LogP contribution < -0.4 is 22.1 Å². The molecule has 0 aromatic carbocycles. The Morgan fingerprint density at radius 2 is 1.45 bits per heavy atom. The van der Waals surface area contributed by atoms with Gasteiger partial charge in [-0.3, -0.25) is 14.4 Å². The molecule has 9 heteroatoms. The van der Waals surface area contributed by atoms with Crippen LogP contribution in [0.2, 0.25) is 0 Å². The number of amides is 3. The first-order chi connectivity index (χ1) is 19.3. The topological polar surface area (TPSA) is 134 Å². The molecular weight excluding hydrogens is 504 g/mol. The molecule has 3 amide bonds. The summed E-state index contributed by atoms with van der Waals surface area (Å²) in [5.74, 6) is -0.406. The minimum Gasteiger partial charge on any atom is -0.353 e. The number of nitrogens with one attached hydrogen (secondary N) is 2. The molecule has 1 aliphatic rings. The van der Waals surface area contributed by atoms with Crippen molar-refractivity contribution in [1.29, 1.82) is 0 Å². The first-order valence-corrected chi connectivity index (χ1v) is 16.3. The lowest BCUT2D eigenvalue weighted by Gasteiger charge is -2.26. The zero-order valence-corrected chi connectivity index (χ0v) is 26.1. The van der Waals surface area contributed by atoms with Crippen molar-refractivity contribution >= 4 is 17.7 Å². The molecule has 0 aliphatic carbocycles. The fraction of sp³-hybridized carbons (Fsp3) is 0.903. The van der Waals surface area contributed by atoms with E-state index in [-0.39, 0.29) is 23.8 Å². The van der Waals surface area contributed by atoms with E-state index in [0.29, 0.717) is 45.4 Å². The highest BCUT2D eigenvalue weighted by Crippen LogP contribution is 2.21. The summed E-state index contributed by atoms with van der Waals surface area (Å²) in [5.41, 5.74) is 11.8. The van der Waals surface area contributed by atoms with Gasteiger partial charge in [-0.2, -0.15) is 0 Å². The predicted molar refractivity (Wildman–Crippen MR) is 165 cm³/mol. The molecule has 9 nitrogen and oxygen atoms in total. The molecule has 1 fully saturated rings. The van der Waals surface area contributed by atoms with Gasteiger partial charge in [0.05, 0.1) is 6.04 Å². The summed E-state index contributed by atoms with van der Waals surface area (Å²) in [6, 6.07) is -1.51. The van der Waals surface area contributed by atoms with Crippen LogP contribution in [0.25, 0.3) is 0 Å². The van der Waals surface area contributed by atoms with Crippen molar-refractivity contribution in [1.82, 2.24) is 20.4 Å². The average molecular weight is 567 g/mol. The van der Waals surface area contributed by atoms with E-state index in [2.05, 4.69) is 17.6 Å². The van der Waals surface area contributed by atoms with Crippen molar-refractivity contribution in [2.24, 2.45) is 11.5 Å². The van der Waals surface area contributed by atoms with E-state index in [9.17, 15) is 14.4 Å². The van der Waals surface area contributed by atoms with Gasteiger partial charge in [0, 0.05) is 32.1 Å². The van der Waals surface area contributed by atoms with Crippen molar-refractivity contribution < 1.29 is 14.4 Å². The zero-order valence-electron chi connectivity index (χ0n) is 26.1. The van der Waals surface area contributed by atoms with Gasteiger partial charge in [0.2, 0.25) is 17.7 Å². The zero-order chi connectivity index (χ0) is 29.6. The van der Waals surface area contributed by atoms with Crippen LogP contribution >= 0.6 is 0 Å². The normalized spacial score (nSPS) is 17.8. The van der Waals surface area contributed by atoms with E-state index in [0.717, 1.165) is 25.7 Å². The average Bonchev–Trinajstić information content (AvgIpc) is 3.34. The molecule has 0 radical (unpaired) electrons. The third kappa shape index (κ3) is 16.5. The Hall–Kier alpha value is -1.71. The van der Waals surface area contributed by atoms with Crippen LogP contribution in [0.5, 0.6) is 0 Å². The molecule has 0 spiro atoms. The quantitative estimate of drug-likeness (QED) is 0.132. The lowest BCUT2D eigenvalue weighted by Crippen LogP contribution is -2.52. The molecule has 0 bridgehead atoms. The maximum atomic E-state index is 13.1. The highest BCUT2D eigenvalue weighted by atomic mass is 16.2. The van der Waals surface area contributed by atoms with Gasteiger partial charge in [0.1, 0.15) is 6.04 Å². The minimum absolute atomic E-state index is 0.00128. The molecule has 6 N–H and O–H groups in total. The third-order valence-electron chi connectivity index (χ3n) is 7.90. The van der Waals surface area contributed by atoms with Crippen LogP contribution in [0, 0.1) is 0 Å². The summed E-state index contributed by atoms with van der Waals surface area (Å²) in [7, 11) is 3.89. The first kappa shape index (κ1) is 36.3. The Morgan fingerprint density at radius 1 is 0.875 bits per heavy atom. The standard InChI is InChI=1S/C31H62N6O3/c1-4-5-6-7-8-9-10-11-12-13-14-15-16-20-29(38)35-26-24-28(30(39)34-22-23-36(2)3)37(25-26)31(40)27(33)19-17-18-21-32/h26-28H,4-25,32-33H2,1-3H3,(H,34,39)(H,35,38)/t26-,27+,28-/m0/s1. The van der Waals surface area contributed by atoms with Gasteiger partial charge in [-0.1, -0.05) is 90.4 Å². The number of hydrogen-bond acceptors (Lipinski definition) is 6. The number of carbonyl (C=O) groups is 3. The number of unbranched alkanes of at least 4 members (excludes halogenated alkanes) is 13. The SMILES string of the molecule is CCCCCCCCCCCCCCCC(=O)N[C@H]1C[C@@H](C(=O)NCCN(C)C)N(C(=O)[C@H](N)CCCCN)C1. The van der Waals surface area contributed by atoms with E-state index < -0.39 is 12.1 Å². The van der Waals surface area contributed by atoms with Crippen molar-refractivity contribution in [2.75, 3.05) is 40.3 Å². The first-order valence-electron chi connectivity index (χ1n) is 16.3. The summed E-state index contributed by atoms with van der Waals surface area (Å²) in [4.78, 5) is 42.3. The molecule has 1 saturated heterocycles. The van der Waals surface area contributed by atoms with E-state index in [1.165, 1.54) is 70.6 Å². The fourth-order valence-electron chi connectivity index (χ4n) is 5.40. The maximum absolute atomic E-state index is 13.1. The highest BCUT2D eigenvalue weighted by molar-refractivity contribution is 5.90. The van der Waals surface area contributed by atoms with Gasteiger partial charge in [0.15, 0.2) is 0 Å². The van der Waals surface area contributed by atoms with E-state index in [1.54, 1.807) is 4.90 Å². The van der Waals surface area contributed by atoms with Gasteiger partial charge in [-0.25, -0.2) is 0 Å². The van der Waals surface area contributed by atoms with Gasteiger partial charge >= 0.3 is 0 Å². The summed E-state index contributed by atoms with van der Waals surface area (Å²) >= 11 is 0. The second-order valence-electron chi connectivity index (χ2n) is 12.0. The van der Waals surface area contributed by atoms with Gasteiger partial charge in [0.25, 0.3) is 0 Å². The third-order valence-corrected chi connectivity index (χ3v) is 7.90. The van der Waals surface area contributed by atoms with Crippen LogP contribution in [0.15, 0.2) is 0 Å². The van der Waals surface area contributed by atoms with Crippen LogP contribution in [0.3, 0.4) is 0 Å². The van der Waals surface area contributed by atoms with E-state index >= 15 is 0 Å². The number of rotatable bonds is 24. The van der Waals surface area contributed by atoms with Crippen LogP contribution in [-0.4, -0.2) is 85.9 Å². The lowest BCUT2D eigenvalue weighted by atomic mass is 10.0. The number of likely N-dealkylation sites (N-methyl/N-ethyl adjacent to an activating group) is 1. The molecule has 0 aromatic heterocycles. The lowest BCUT2D eigenvalue weighted by molar-refractivity contribution is -0.139. The second-order valence-corrected chi connectivity index (χ2v) is 12.0. The Kier molecular flexibility index (Phi) is 20.8. The highest BCUT2D eigenvalue weighted by Gasteiger charge is 2.41. The largest absolute Gasteiger partial charge is 0.353 e. The molecule has 1 heterocycles. The number of carbonyl (C=O) groups excluding carboxylic acids is 3.